The Morgan fingerprint density at radius 1 is 1.00 bits per heavy atom. The fraction of sp³-hybridized carbons (Fsp3) is 0.200. The van der Waals surface area contributed by atoms with E-state index in [9.17, 15) is 18.8 Å². The van der Waals surface area contributed by atoms with Crippen LogP contribution in [-0.4, -0.2) is 41.5 Å². The van der Waals surface area contributed by atoms with E-state index in [0.29, 0.717) is 23.8 Å². The number of nitrogens with one attached hydrogen (secondary N) is 1. The van der Waals surface area contributed by atoms with E-state index in [4.69, 9.17) is 14.2 Å². The highest BCUT2D eigenvalue weighted by atomic mass is 32.1. The molecule has 0 saturated heterocycles. The number of fused-ring (bicyclic) bond motifs is 1. The molecule has 186 valence electrons. The maximum atomic E-state index is 13.5. The standard InChI is InChI=1S/C25H22FN3O6S/c1-3-33-17-11-7-16(8-12-17)29-24(31)21-19(22(28-29)25(32)34-4-2)14-36-23(21)27-20(30)13-35-18-9-5-15(26)6-10-18/h5-12,14H,3-4,13H2,1-2H3,(H,27,30). The predicted octanol–water partition coefficient (Wildman–Crippen LogP) is 4.18. The van der Waals surface area contributed by atoms with Crippen LogP contribution >= 0.6 is 11.3 Å². The molecule has 0 aliphatic carbocycles. The summed E-state index contributed by atoms with van der Waals surface area (Å²) >= 11 is 1.07. The molecule has 36 heavy (non-hydrogen) atoms. The minimum atomic E-state index is -0.697. The van der Waals surface area contributed by atoms with Gasteiger partial charge in [0.2, 0.25) is 0 Å². The van der Waals surface area contributed by atoms with Crippen molar-refractivity contribution in [2.45, 2.75) is 13.8 Å². The molecule has 0 spiro atoms. The number of amides is 1. The van der Waals surface area contributed by atoms with E-state index in [1.165, 1.54) is 24.3 Å². The number of nitrogens with zero attached hydrogens (tertiary/aromatic N) is 2. The van der Waals surface area contributed by atoms with E-state index >= 15 is 0 Å². The van der Waals surface area contributed by atoms with Crippen molar-refractivity contribution in [2.24, 2.45) is 0 Å². The highest BCUT2D eigenvalue weighted by Gasteiger charge is 2.23. The van der Waals surface area contributed by atoms with E-state index in [2.05, 4.69) is 10.4 Å². The maximum Gasteiger partial charge on any atom is 0.359 e. The zero-order chi connectivity index (χ0) is 25.7. The second kappa shape index (κ2) is 11.0. The van der Waals surface area contributed by atoms with Crippen molar-refractivity contribution in [3.63, 3.8) is 0 Å². The number of ether oxygens (including phenoxy) is 3. The first-order chi connectivity index (χ1) is 17.4. The second-order valence-corrected chi connectivity index (χ2v) is 8.24. The Bertz CT molecular complexity index is 1450. The molecule has 9 nitrogen and oxygen atoms in total. The maximum absolute atomic E-state index is 13.5. The minimum absolute atomic E-state index is 0.0559. The van der Waals surface area contributed by atoms with Gasteiger partial charge in [0.15, 0.2) is 12.3 Å². The molecule has 2 aromatic carbocycles. The van der Waals surface area contributed by atoms with E-state index in [0.717, 1.165) is 16.0 Å². The van der Waals surface area contributed by atoms with Crippen LogP contribution in [0.15, 0.2) is 58.7 Å². The lowest BCUT2D eigenvalue weighted by Gasteiger charge is -2.11. The Kier molecular flexibility index (Phi) is 7.59. The molecule has 0 aliphatic heterocycles. The predicted molar refractivity (Wildman–Crippen MR) is 133 cm³/mol. The summed E-state index contributed by atoms with van der Waals surface area (Å²) in [7, 11) is 0. The average molecular weight is 512 g/mol. The topological polar surface area (TPSA) is 109 Å². The normalized spacial score (nSPS) is 10.8. The fourth-order valence-electron chi connectivity index (χ4n) is 3.36. The summed E-state index contributed by atoms with van der Waals surface area (Å²) in [6.07, 6.45) is 0. The lowest BCUT2D eigenvalue weighted by Crippen LogP contribution is -2.26. The van der Waals surface area contributed by atoms with E-state index in [1.54, 1.807) is 36.6 Å². The summed E-state index contributed by atoms with van der Waals surface area (Å²) in [5.41, 5.74) is -0.183. The van der Waals surface area contributed by atoms with Gasteiger partial charge in [-0.1, -0.05) is 0 Å². The van der Waals surface area contributed by atoms with Crippen LogP contribution in [0.2, 0.25) is 0 Å². The van der Waals surface area contributed by atoms with Crippen molar-refractivity contribution in [1.82, 2.24) is 9.78 Å². The Hall–Kier alpha value is -4.25. The number of thiophene rings is 1. The van der Waals surface area contributed by atoms with Crippen LogP contribution in [0.25, 0.3) is 16.5 Å². The van der Waals surface area contributed by atoms with Gasteiger partial charge in [0.1, 0.15) is 22.3 Å². The van der Waals surface area contributed by atoms with Crippen LogP contribution in [0.1, 0.15) is 24.3 Å². The van der Waals surface area contributed by atoms with Crippen LogP contribution in [0.4, 0.5) is 9.39 Å². The average Bonchev–Trinajstić information content (AvgIpc) is 3.29. The summed E-state index contributed by atoms with van der Waals surface area (Å²) in [5.74, 6) is -0.728. The zero-order valence-electron chi connectivity index (χ0n) is 19.4. The van der Waals surface area contributed by atoms with Gasteiger partial charge < -0.3 is 19.5 Å². The van der Waals surface area contributed by atoms with Crippen molar-refractivity contribution >= 4 is 39.0 Å². The number of hydrogen-bond acceptors (Lipinski definition) is 8. The van der Waals surface area contributed by atoms with Crippen molar-refractivity contribution in [2.75, 3.05) is 25.1 Å². The van der Waals surface area contributed by atoms with E-state index < -0.39 is 23.3 Å². The lowest BCUT2D eigenvalue weighted by molar-refractivity contribution is -0.118. The van der Waals surface area contributed by atoms with Gasteiger partial charge in [-0.25, -0.2) is 9.18 Å². The summed E-state index contributed by atoms with van der Waals surface area (Å²) in [6, 6.07) is 11.9. The molecule has 0 aliphatic rings. The molecular formula is C25H22FN3O6S. The Morgan fingerprint density at radius 3 is 2.33 bits per heavy atom. The SMILES string of the molecule is CCOC(=O)c1nn(-c2ccc(OCC)cc2)c(=O)c2c(NC(=O)COc3ccc(F)cc3)scc12. The highest BCUT2D eigenvalue weighted by molar-refractivity contribution is 7.16. The third-order valence-electron chi connectivity index (χ3n) is 4.95. The second-order valence-electron chi connectivity index (χ2n) is 7.36. The third kappa shape index (κ3) is 5.36. The number of hydrogen-bond donors (Lipinski definition) is 1. The first kappa shape index (κ1) is 24.9. The number of carbonyl (C=O) groups is 2. The smallest absolute Gasteiger partial charge is 0.359 e. The first-order valence-corrected chi connectivity index (χ1v) is 11.9. The molecule has 11 heteroatoms. The number of anilines is 1. The monoisotopic (exact) mass is 511 g/mol. The number of benzene rings is 2. The Morgan fingerprint density at radius 2 is 1.67 bits per heavy atom. The van der Waals surface area contributed by atoms with Crippen LogP contribution in [0, 0.1) is 5.82 Å². The van der Waals surface area contributed by atoms with Crippen LogP contribution in [0.3, 0.4) is 0 Å². The van der Waals surface area contributed by atoms with Crippen LogP contribution < -0.4 is 20.3 Å². The molecule has 1 amide bonds. The molecule has 4 rings (SSSR count). The lowest BCUT2D eigenvalue weighted by atomic mass is 10.2. The van der Waals surface area contributed by atoms with E-state index in [-0.39, 0.29) is 34.7 Å². The van der Waals surface area contributed by atoms with Crippen molar-refractivity contribution in [3.8, 4) is 17.2 Å². The Balaban J connectivity index is 1.69. The van der Waals surface area contributed by atoms with Gasteiger partial charge in [-0.15, -0.1) is 11.3 Å². The molecule has 4 aromatic rings. The molecule has 2 heterocycles. The number of halogens is 1. The van der Waals surface area contributed by atoms with Crippen LogP contribution in [-0.2, 0) is 9.53 Å². The molecule has 0 fully saturated rings. The minimum Gasteiger partial charge on any atom is -0.494 e. The number of aromatic nitrogens is 2. The van der Waals surface area contributed by atoms with Gasteiger partial charge in [0.25, 0.3) is 11.5 Å². The third-order valence-corrected chi connectivity index (χ3v) is 5.85. The summed E-state index contributed by atoms with van der Waals surface area (Å²) < 4.78 is 30.1. The van der Waals surface area contributed by atoms with Gasteiger partial charge in [-0.3, -0.25) is 9.59 Å². The summed E-state index contributed by atoms with van der Waals surface area (Å²) in [6.45, 7) is 3.76. The van der Waals surface area contributed by atoms with Gasteiger partial charge in [-0.2, -0.15) is 9.78 Å². The van der Waals surface area contributed by atoms with Crippen molar-refractivity contribution in [1.29, 1.82) is 0 Å². The molecular weight excluding hydrogens is 489 g/mol. The Labute approximate surface area is 209 Å². The van der Waals surface area contributed by atoms with E-state index in [1.807, 2.05) is 6.92 Å². The van der Waals surface area contributed by atoms with Crippen molar-refractivity contribution < 1.29 is 28.2 Å². The van der Waals surface area contributed by atoms with Crippen LogP contribution in [0.5, 0.6) is 11.5 Å². The number of carbonyl (C=O) groups excluding carboxylic acids is 2. The number of rotatable bonds is 9. The molecule has 0 bridgehead atoms. The van der Waals surface area contributed by atoms with Gasteiger partial charge in [-0.05, 0) is 62.4 Å². The molecule has 2 aromatic heterocycles. The van der Waals surface area contributed by atoms with Gasteiger partial charge in [0, 0.05) is 10.8 Å². The zero-order valence-corrected chi connectivity index (χ0v) is 20.3. The molecule has 0 radical (unpaired) electrons. The van der Waals surface area contributed by atoms with Gasteiger partial charge >= 0.3 is 5.97 Å². The molecule has 0 atom stereocenters. The molecule has 0 saturated carbocycles. The fourth-order valence-corrected chi connectivity index (χ4v) is 4.31. The first-order valence-electron chi connectivity index (χ1n) is 11.0. The van der Waals surface area contributed by atoms with Gasteiger partial charge in [0.05, 0.1) is 24.3 Å². The highest BCUT2D eigenvalue weighted by Crippen LogP contribution is 2.31. The molecule has 1 N–H and O–H groups in total. The quantitative estimate of drug-likeness (QED) is 0.336. The number of esters is 1. The summed E-state index contributed by atoms with van der Waals surface area (Å²) in [5, 5.41) is 9.10. The molecule has 0 unspecified atom stereocenters. The van der Waals surface area contributed by atoms with Crippen molar-refractivity contribution in [3.05, 3.63) is 75.8 Å². The summed E-state index contributed by atoms with van der Waals surface area (Å²) in [4.78, 5) is 38.7. The largest absolute Gasteiger partial charge is 0.494 e.